The molecule has 3 rings (SSSR count). The standard InChI is InChI=1S/C18H15NO4S2/c19-25(22,23)16-8-9-24-18(16)15-10-13(6-7-14(15)11-20)17(21)12-4-2-1-3-5-12/h1-11,17,21H,(H2,19,22,23). The van der Waals surface area contributed by atoms with Gasteiger partial charge in [-0.1, -0.05) is 42.5 Å². The Kier molecular flexibility index (Phi) is 4.82. The van der Waals surface area contributed by atoms with Gasteiger partial charge in [-0.25, -0.2) is 13.6 Å². The van der Waals surface area contributed by atoms with Crippen LogP contribution in [0.15, 0.2) is 64.9 Å². The zero-order valence-corrected chi connectivity index (χ0v) is 14.6. The van der Waals surface area contributed by atoms with E-state index in [1.54, 1.807) is 35.7 Å². The molecule has 1 aromatic heterocycles. The third-order valence-corrected chi connectivity index (χ3v) is 5.85. The summed E-state index contributed by atoms with van der Waals surface area (Å²) in [7, 11) is -3.92. The third-order valence-electron chi connectivity index (χ3n) is 3.82. The Bertz CT molecular complexity index is 1010. The predicted molar refractivity (Wildman–Crippen MR) is 97.0 cm³/mol. The van der Waals surface area contributed by atoms with Crippen LogP contribution in [0.25, 0.3) is 10.4 Å². The summed E-state index contributed by atoms with van der Waals surface area (Å²) >= 11 is 1.18. The van der Waals surface area contributed by atoms with Crippen LogP contribution in [0.1, 0.15) is 27.6 Å². The van der Waals surface area contributed by atoms with Crippen LogP contribution in [0.5, 0.6) is 0 Å². The molecule has 5 nitrogen and oxygen atoms in total. The maximum absolute atomic E-state index is 11.8. The number of rotatable bonds is 5. The second kappa shape index (κ2) is 6.89. The van der Waals surface area contributed by atoms with Gasteiger partial charge in [0, 0.05) is 11.1 Å². The topological polar surface area (TPSA) is 97.5 Å². The van der Waals surface area contributed by atoms with Crippen molar-refractivity contribution in [2.45, 2.75) is 11.0 Å². The van der Waals surface area contributed by atoms with Gasteiger partial charge in [-0.05, 0) is 28.6 Å². The lowest BCUT2D eigenvalue weighted by Crippen LogP contribution is -2.12. The Morgan fingerprint density at radius 3 is 2.40 bits per heavy atom. The van der Waals surface area contributed by atoms with Gasteiger partial charge in [0.1, 0.15) is 11.0 Å². The highest BCUT2D eigenvalue weighted by atomic mass is 32.2. The van der Waals surface area contributed by atoms with E-state index in [0.717, 1.165) is 0 Å². The Balaban J connectivity index is 2.15. The minimum Gasteiger partial charge on any atom is -0.384 e. The van der Waals surface area contributed by atoms with Crippen molar-refractivity contribution in [1.82, 2.24) is 0 Å². The summed E-state index contributed by atoms with van der Waals surface area (Å²) < 4.78 is 23.5. The molecule has 128 valence electrons. The van der Waals surface area contributed by atoms with E-state index >= 15 is 0 Å². The highest BCUT2D eigenvalue weighted by Crippen LogP contribution is 2.36. The van der Waals surface area contributed by atoms with Crippen molar-refractivity contribution in [3.05, 3.63) is 76.7 Å². The van der Waals surface area contributed by atoms with Crippen LogP contribution in [-0.4, -0.2) is 19.8 Å². The van der Waals surface area contributed by atoms with Gasteiger partial charge in [0.15, 0.2) is 6.29 Å². The quantitative estimate of drug-likeness (QED) is 0.672. The second-order valence-corrected chi connectivity index (χ2v) is 7.88. The number of nitrogens with two attached hydrogens (primary N) is 1. The van der Waals surface area contributed by atoms with Gasteiger partial charge in [-0.2, -0.15) is 0 Å². The zero-order valence-electron chi connectivity index (χ0n) is 13.0. The van der Waals surface area contributed by atoms with E-state index in [0.29, 0.717) is 33.4 Å². The monoisotopic (exact) mass is 373 g/mol. The van der Waals surface area contributed by atoms with E-state index in [-0.39, 0.29) is 4.90 Å². The Labute approximate surface area is 149 Å². The number of carbonyl (C=O) groups is 1. The molecule has 0 bridgehead atoms. The third kappa shape index (κ3) is 3.54. The molecule has 0 aliphatic heterocycles. The molecular formula is C18H15NO4S2. The van der Waals surface area contributed by atoms with Gasteiger partial charge >= 0.3 is 0 Å². The van der Waals surface area contributed by atoms with Crippen LogP contribution in [0.2, 0.25) is 0 Å². The number of hydrogen-bond acceptors (Lipinski definition) is 5. The largest absolute Gasteiger partial charge is 0.384 e. The lowest BCUT2D eigenvalue weighted by molar-refractivity contribution is 0.112. The smallest absolute Gasteiger partial charge is 0.239 e. The van der Waals surface area contributed by atoms with E-state index < -0.39 is 16.1 Å². The second-order valence-electron chi connectivity index (χ2n) is 5.44. The van der Waals surface area contributed by atoms with Crippen molar-refractivity contribution in [2.24, 2.45) is 5.14 Å². The molecule has 1 heterocycles. The first-order valence-electron chi connectivity index (χ1n) is 7.34. The fraction of sp³-hybridized carbons (Fsp3) is 0.0556. The summed E-state index contributed by atoms with van der Waals surface area (Å²) in [5.74, 6) is 0. The lowest BCUT2D eigenvalue weighted by atomic mass is 9.96. The van der Waals surface area contributed by atoms with Crippen LogP contribution >= 0.6 is 11.3 Å². The number of thiophene rings is 1. The SMILES string of the molecule is NS(=O)(=O)c1ccsc1-c1cc(C(O)c2ccccc2)ccc1C=O. The number of sulfonamides is 1. The maximum Gasteiger partial charge on any atom is 0.239 e. The number of benzene rings is 2. The average molecular weight is 373 g/mol. The number of hydrogen-bond donors (Lipinski definition) is 2. The van der Waals surface area contributed by atoms with Crippen LogP contribution in [0, 0.1) is 0 Å². The molecule has 0 spiro atoms. The normalized spacial score (nSPS) is 12.7. The van der Waals surface area contributed by atoms with E-state index in [1.807, 2.05) is 18.2 Å². The predicted octanol–water partition coefficient (Wildman–Crippen LogP) is 2.96. The van der Waals surface area contributed by atoms with Crippen LogP contribution in [0.3, 0.4) is 0 Å². The van der Waals surface area contributed by atoms with Crippen molar-refractivity contribution in [2.75, 3.05) is 0 Å². The molecule has 0 radical (unpaired) electrons. The Hall–Kier alpha value is -2.32. The molecule has 0 saturated carbocycles. The molecule has 2 aromatic carbocycles. The number of aliphatic hydroxyl groups excluding tert-OH is 1. The first-order chi connectivity index (χ1) is 11.9. The Morgan fingerprint density at radius 1 is 1.04 bits per heavy atom. The van der Waals surface area contributed by atoms with Gasteiger partial charge in [0.2, 0.25) is 10.0 Å². The molecular weight excluding hydrogens is 358 g/mol. The fourth-order valence-corrected chi connectivity index (χ4v) is 4.62. The highest BCUT2D eigenvalue weighted by molar-refractivity contribution is 7.89. The van der Waals surface area contributed by atoms with E-state index in [2.05, 4.69) is 0 Å². The molecule has 0 saturated heterocycles. The van der Waals surface area contributed by atoms with Crippen LogP contribution in [0.4, 0.5) is 0 Å². The number of carbonyl (C=O) groups excluding carboxylic acids is 1. The van der Waals surface area contributed by atoms with Gasteiger partial charge < -0.3 is 5.11 Å². The average Bonchev–Trinajstić information content (AvgIpc) is 3.11. The van der Waals surface area contributed by atoms with Crippen molar-refractivity contribution < 1.29 is 18.3 Å². The number of primary sulfonamides is 1. The van der Waals surface area contributed by atoms with Crippen molar-refractivity contribution in [1.29, 1.82) is 0 Å². The molecule has 25 heavy (non-hydrogen) atoms. The van der Waals surface area contributed by atoms with Gasteiger partial charge in [0.25, 0.3) is 0 Å². The summed E-state index contributed by atoms with van der Waals surface area (Å²) in [5.41, 5.74) is 2.02. The number of aliphatic hydroxyl groups is 1. The fourth-order valence-electron chi connectivity index (χ4n) is 2.59. The molecule has 0 amide bonds. The molecule has 0 fully saturated rings. The maximum atomic E-state index is 11.8. The van der Waals surface area contributed by atoms with Gasteiger partial charge in [-0.15, -0.1) is 11.3 Å². The van der Waals surface area contributed by atoms with Crippen LogP contribution in [-0.2, 0) is 10.0 Å². The van der Waals surface area contributed by atoms with E-state index in [1.165, 1.54) is 17.4 Å². The molecule has 3 N–H and O–H groups in total. The van der Waals surface area contributed by atoms with Gasteiger partial charge in [0.05, 0.1) is 4.88 Å². The van der Waals surface area contributed by atoms with Crippen molar-refractivity contribution >= 4 is 27.6 Å². The minimum atomic E-state index is -3.92. The first kappa shape index (κ1) is 17.5. The molecule has 0 aliphatic rings. The summed E-state index contributed by atoms with van der Waals surface area (Å²) in [5, 5.41) is 17.4. The summed E-state index contributed by atoms with van der Waals surface area (Å²) in [6, 6.07) is 15.3. The van der Waals surface area contributed by atoms with Gasteiger partial charge in [-0.3, -0.25) is 4.79 Å². The molecule has 0 aliphatic carbocycles. The summed E-state index contributed by atoms with van der Waals surface area (Å²) in [6.45, 7) is 0. The first-order valence-corrected chi connectivity index (χ1v) is 9.77. The number of aldehydes is 1. The highest BCUT2D eigenvalue weighted by Gasteiger charge is 2.20. The lowest BCUT2D eigenvalue weighted by Gasteiger charge is -2.14. The molecule has 7 heteroatoms. The zero-order chi connectivity index (χ0) is 18.0. The van der Waals surface area contributed by atoms with Crippen LogP contribution < -0.4 is 5.14 Å². The van der Waals surface area contributed by atoms with Crippen molar-refractivity contribution in [3.63, 3.8) is 0 Å². The summed E-state index contributed by atoms with van der Waals surface area (Å²) in [6.07, 6.45) is -0.237. The molecule has 1 unspecified atom stereocenters. The molecule has 3 aromatic rings. The Morgan fingerprint density at radius 2 is 1.76 bits per heavy atom. The summed E-state index contributed by atoms with van der Waals surface area (Å²) in [4.78, 5) is 11.7. The minimum absolute atomic E-state index is 0.0352. The molecule has 1 atom stereocenters. The van der Waals surface area contributed by atoms with E-state index in [9.17, 15) is 18.3 Å². The van der Waals surface area contributed by atoms with Crippen molar-refractivity contribution in [3.8, 4) is 10.4 Å². The van der Waals surface area contributed by atoms with E-state index in [4.69, 9.17) is 5.14 Å².